The molecule has 0 bridgehead atoms. The number of rotatable bonds is 10. The molecule has 1 aliphatic rings. The minimum absolute atomic E-state index is 0.926. The Balaban J connectivity index is 2.60. The molecular formula is C16H34O2Si. The summed E-state index contributed by atoms with van der Waals surface area (Å²) in [6, 6.07) is 1.32. The van der Waals surface area contributed by atoms with Crippen LogP contribution >= 0.6 is 0 Å². The molecule has 0 amide bonds. The highest BCUT2D eigenvalue weighted by Crippen LogP contribution is 2.39. The zero-order valence-corrected chi connectivity index (χ0v) is 14.4. The van der Waals surface area contributed by atoms with E-state index in [0.29, 0.717) is 0 Å². The Labute approximate surface area is 121 Å². The normalized spacial score (nSPS) is 17.8. The first kappa shape index (κ1) is 17.2. The highest BCUT2D eigenvalue weighted by atomic mass is 28.3. The highest BCUT2D eigenvalue weighted by Gasteiger charge is 2.40. The van der Waals surface area contributed by atoms with Crippen molar-refractivity contribution in [1.29, 1.82) is 0 Å². The van der Waals surface area contributed by atoms with Crippen molar-refractivity contribution in [2.75, 3.05) is 25.7 Å². The molecule has 1 rings (SSSR count). The molecule has 0 unspecified atom stereocenters. The van der Waals surface area contributed by atoms with Gasteiger partial charge in [0.25, 0.3) is 0 Å². The van der Waals surface area contributed by atoms with E-state index in [4.69, 9.17) is 9.47 Å². The lowest BCUT2D eigenvalue weighted by Crippen LogP contribution is -2.50. The summed E-state index contributed by atoms with van der Waals surface area (Å²) in [5.41, 5.74) is 0.944. The van der Waals surface area contributed by atoms with Crippen molar-refractivity contribution in [1.82, 2.24) is 0 Å². The van der Waals surface area contributed by atoms with Crippen LogP contribution in [-0.2, 0) is 9.47 Å². The Morgan fingerprint density at radius 3 is 1.79 bits per heavy atom. The smallest absolute Gasteiger partial charge is 0.115 e. The van der Waals surface area contributed by atoms with Crippen LogP contribution in [0.1, 0.15) is 65.7 Å². The monoisotopic (exact) mass is 286 g/mol. The quantitative estimate of drug-likeness (QED) is 0.427. The van der Waals surface area contributed by atoms with Gasteiger partial charge in [-0.2, -0.15) is 0 Å². The van der Waals surface area contributed by atoms with Gasteiger partial charge < -0.3 is 9.47 Å². The summed E-state index contributed by atoms with van der Waals surface area (Å²) in [5, 5.41) is 0. The molecule has 0 aromatic rings. The summed E-state index contributed by atoms with van der Waals surface area (Å²) in [6.07, 6.45) is 11.5. The SMILES string of the molecule is CCCOC[Si](CC)(COCCC)C1CCCCC1. The fourth-order valence-electron chi connectivity index (χ4n) is 3.32. The molecule has 0 aliphatic heterocycles. The maximum Gasteiger partial charge on any atom is 0.115 e. The summed E-state index contributed by atoms with van der Waals surface area (Å²) < 4.78 is 12.0. The van der Waals surface area contributed by atoms with E-state index in [0.717, 1.165) is 44.1 Å². The van der Waals surface area contributed by atoms with E-state index in [2.05, 4.69) is 20.8 Å². The third-order valence-corrected chi connectivity index (χ3v) is 9.93. The van der Waals surface area contributed by atoms with Crippen LogP contribution in [0.25, 0.3) is 0 Å². The third-order valence-electron chi connectivity index (χ3n) is 4.65. The first-order chi connectivity index (χ1) is 9.29. The maximum absolute atomic E-state index is 6.00. The van der Waals surface area contributed by atoms with Crippen LogP contribution in [0.3, 0.4) is 0 Å². The fourth-order valence-corrected chi connectivity index (χ4v) is 7.60. The molecule has 19 heavy (non-hydrogen) atoms. The summed E-state index contributed by atoms with van der Waals surface area (Å²) in [5.74, 6) is 0. The van der Waals surface area contributed by atoms with Crippen LogP contribution in [0, 0.1) is 0 Å². The highest BCUT2D eigenvalue weighted by molar-refractivity contribution is 6.81. The van der Waals surface area contributed by atoms with Gasteiger partial charge in [0.2, 0.25) is 0 Å². The van der Waals surface area contributed by atoms with E-state index in [1.807, 2.05) is 0 Å². The van der Waals surface area contributed by atoms with Crippen LogP contribution in [-0.4, -0.2) is 33.7 Å². The topological polar surface area (TPSA) is 18.5 Å². The zero-order valence-electron chi connectivity index (χ0n) is 13.4. The summed E-state index contributed by atoms with van der Waals surface area (Å²) in [6.45, 7) is 8.63. The van der Waals surface area contributed by atoms with Crippen LogP contribution in [0.15, 0.2) is 0 Å². The first-order valence-corrected chi connectivity index (χ1v) is 11.1. The second kappa shape index (κ2) is 9.95. The Morgan fingerprint density at radius 2 is 1.37 bits per heavy atom. The lowest BCUT2D eigenvalue weighted by Gasteiger charge is -2.40. The van der Waals surface area contributed by atoms with Gasteiger partial charge >= 0.3 is 0 Å². The second-order valence-corrected chi connectivity index (χ2v) is 11.0. The van der Waals surface area contributed by atoms with Crippen molar-refractivity contribution in [3.05, 3.63) is 0 Å². The van der Waals surface area contributed by atoms with E-state index in [-0.39, 0.29) is 0 Å². The second-order valence-electron chi connectivity index (χ2n) is 6.16. The molecule has 0 saturated heterocycles. The summed E-state index contributed by atoms with van der Waals surface area (Å²) in [7, 11) is -1.39. The lowest BCUT2D eigenvalue weighted by molar-refractivity contribution is 0.144. The van der Waals surface area contributed by atoms with Crippen molar-refractivity contribution in [2.45, 2.75) is 77.3 Å². The van der Waals surface area contributed by atoms with E-state index >= 15 is 0 Å². The van der Waals surface area contributed by atoms with Crippen molar-refractivity contribution < 1.29 is 9.47 Å². The lowest BCUT2D eigenvalue weighted by atomic mass is 10.0. The van der Waals surface area contributed by atoms with E-state index in [1.54, 1.807) is 0 Å². The molecule has 0 radical (unpaired) electrons. The molecule has 0 heterocycles. The number of hydrogen-bond acceptors (Lipinski definition) is 2. The van der Waals surface area contributed by atoms with Crippen LogP contribution < -0.4 is 0 Å². The Morgan fingerprint density at radius 1 is 0.842 bits per heavy atom. The van der Waals surface area contributed by atoms with Gasteiger partial charge in [-0.1, -0.05) is 58.9 Å². The predicted octanol–water partition coefficient (Wildman–Crippen LogP) is 4.72. The molecule has 114 valence electrons. The predicted molar refractivity (Wildman–Crippen MR) is 85.3 cm³/mol. The average molecular weight is 287 g/mol. The van der Waals surface area contributed by atoms with Gasteiger partial charge in [-0.25, -0.2) is 0 Å². The van der Waals surface area contributed by atoms with Gasteiger partial charge in [-0.05, 0) is 18.4 Å². The molecule has 3 heteroatoms. The molecule has 1 fully saturated rings. The first-order valence-electron chi connectivity index (χ1n) is 8.44. The van der Waals surface area contributed by atoms with Crippen molar-refractivity contribution in [3.63, 3.8) is 0 Å². The van der Waals surface area contributed by atoms with Gasteiger partial charge in [-0.3, -0.25) is 0 Å². The zero-order chi connectivity index (χ0) is 14.0. The molecule has 0 aromatic heterocycles. The molecule has 0 spiro atoms. The largest absolute Gasteiger partial charge is 0.385 e. The molecule has 1 saturated carbocycles. The fraction of sp³-hybridized carbons (Fsp3) is 1.00. The maximum atomic E-state index is 6.00. The molecule has 0 aromatic carbocycles. The van der Waals surface area contributed by atoms with Gasteiger partial charge in [0, 0.05) is 25.7 Å². The van der Waals surface area contributed by atoms with Crippen LogP contribution in [0.4, 0.5) is 0 Å². The van der Waals surface area contributed by atoms with Crippen molar-refractivity contribution >= 4 is 8.07 Å². The molecule has 0 atom stereocenters. The third kappa shape index (κ3) is 5.56. The molecule has 1 aliphatic carbocycles. The standard InChI is InChI=1S/C16H34O2Si/c1-4-12-17-14-19(6-3,15-18-13-5-2)16-10-8-7-9-11-16/h16H,4-15H2,1-3H3. The van der Waals surface area contributed by atoms with E-state index < -0.39 is 8.07 Å². The summed E-state index contributed by atoms with van der Waals surface area (Å²) >= 11 is 0. The van der Waals surface area contributed by atoms with Crippen molar-refractivity contribution in [3.8, 4) is 0 Å². The van der Waals surface area contributed by atoms with Crippen molar-refractivity contribution in [2.24, 2.45) is 0 Å². The van der Waals surface area contributed by atoms with E-state index in [1.165, 1.54) is 38.1 Å². The van der Waals surface area contributed by atoms with E-state index in [9.17, 15) is 0 Å². The minimum atomic E-state index is -1.39. The Bertz CT molecular complexity index is 205. The Hall–Kier alpha value is 0.137. The van der Waals surface area contributed by atoms with Crippen LogP contribution in [0.5, 0.6) is 0 Å². The summed E-state index contributed by atoms with van der Waals surface area (Å²) in [4.78, 5) is 0. The molecule has 2 nitrogen and oxygen atoms in total. The molecule has 0 N–H and O–H groups in total. The van der Waals surface area contributed by atoms with Crippen LogP contribution in [0.2, 0.25) is 11.6 Å². The number of ether oxygens (including phenoxy) is 2. The van der Waals surface area contributed by atoms with Gasteiger partial charge in [0.15, 0.2) is 0 Å². The molecular weight excluding hydrogens is 252 g/mol. The minimum Gasteiger partial charge on any atom is -0.385 e. The van der Waals surface area contributed by atoms with Gasteiger partial charge in [0.1, 0.15) is 8.07 Å². The van der Waals surface area contributed by atoms with Gasteiger partial charge in [-0.15, -0.1) is 0 Å². The Kier molecular flexibility index (Phi) is 9.00. The van der Waals surface area contributed by atoms with Gasteiger partial charge in [0.05, 0.1) is 0 Å². The average Bonchev–Trinajstić information content (AvgIpc) is 2.47. The number of hydrogen-bond donors (Lipinski definition) is 0.